The minimum atomic E-state index is -0.187. The van der Waals surface area contributed by atoms with Gasteiger partial charge in [-0.3, -0.25) is 4.98 Å². The third kappa shape index (κ3) is 3.88. The number of H-pyrrole nitrogens is 1. The molecule has 1 fully saturated rings. The maximum absolute atomic E-state index is 13.8. The Labute approximate surface area is 178 Å². The van der Waals surface area contributed by atoms with Crippen molar-refractivity contribution < 1.29 is 4.39 Å². The number of nitrogens with zero attached hydrogens (tertiary/aromatic N) is 1. The van der Waals surface area contributed by atoms with Crippen LogP contribution in [-0.4, -0.2) is 9.97 Å². The molecule has 0 radical (unpaired) electrons. The van der Waals surface area contributed by atoms with Crippen LogP contribution in [0.2, 0.25) is 0 Å². The van der Waals surface area contributed by atoms with E-state index in [9.17, 15) is 4.39 Å². The van der Waals surface area contributed by atoms with Crippen molar-refractivity contribution in [2.24, 2.45) is 11.3 Å². The van der Waals surface area contributed by atoms with Crippen molar-refractivity contribution in [3.05, 3.63) is 71.6 Å². The lowest BCUT2D eigenvalue weighted by atomic mass is 9.60. The SMILES string of the molecule is C=C(Nc1c[nH]c2cc(F)c(C)cc12)C1(C)CC(Cc2ccc(C(C)(C)C)nc2)C1. The summed E-state index contributed by atoms with van der Waals surface area (Å²) in [6.45, 7) is 15.0. The molecule has 4 rings (SSSR count). The lowest BCUT2D eigenvalue weighted by molar-refractivity contribution is 0.117. The highest BCUT2D eigenvalue weighted by Gasteiger charge is 2.42. The standard InChI is InChI=1S/C26H32FN3/c1-16-9-20-22(11-21(16)27)28-15-23(20)30-17(2)26(6)12-19(13-26)10-18-7-8-24(29-14-18)25(3,4)5/h7-9,11,14-15,19,28,30H,2,10,12-13H2,1,3-6H3. The van der Waals surface area contributed by atoms with Crippen molar-refractivity contribution in [1.82, 2.24) is 9.97 Å². The third-order valence-electron chi connectivity index (χ3n) is 6.57. The summed E-state index contributed by atoms with van der Waals surface area (Å²) >= 11 is 0. The largest absolute Gasteiger partial charge is 0.359 e. The highest BCUT2D eigenvalue weighted by Crippen LogP contribution is 2.51. The second kappa shape index (κ2) is 7.26. The van der Waals surface area contributed by atoms with Crippen LogP contribution < -0.4 is 5.32 Å². The Hall–Kier alpha value is -2.62. The van der Waals surface area contributed by atoms with E-state index in [0.29, 0.717) is 11.5 Å². The zero-order chi connectivity index (χ0) is 21.7. The number of anilines is 1. The van der Waals surface area contributed by atoms with Gasteiger partial charge in [-0.25, -0.2) is 4.39 Å². The van der Waals surface area contributed by atoms with E-state index in [-0.39, 0.29) is 16.6 Å². The second-order valence-corrected chi connectivity index (χ2v) is 10.3. The molecule has 0 saturated heterocycles. The van der Waals surface area contributed by atoms with Crippen LogP contribution in [0.1, 0.15) is 57.4 Å². The van der Waals surface area contributed by atoms with Gasteiger partial charge in [0.25, 0.3) is 0 Å². The van der Waals surface area contributed by atoms with Gasteiger partial charge in [0.2, 0.25) is 0 Å². The average molecular weight is 406 g/mol. The molecule has 1 aliphatic carbocycles. The summed E-state index contributed by atoms with van der Waals surface area (Å²) in [5, 5.41) is 4.50. The van der Waals surface area contributed by atoms with Gasteiger partial charge in [0.1, 0.15) is 5.82 Å². The molecule has 1 aromatic carbocycles. The predicted octanol–water partition coefficient (Wildman–Crippen LogP) is 6.89. The topological polar surface area (TPSA) is 40.7 Å². The smallest absolute Gasteiger partial charge is 0.128 e. The van der Waals surface area contributed by atoms with Crippen LogP contribution >= 0.6 is 0 Å². The molecule has 0 bridgehead atoms. The number of pyridine rings is 1. The summed E-state index contributed by atoms with van der Waals surface area (Å²) in [7, 11) is 0. The number of aromatic amines is 1. The van der Waals surface area contributed by atoms with Crippen molar-refractivity contribution >= 4 is 16.6 Å². The second-order valence-electron chi connectivity index (χ2n) is 10.3. The Morgan fingerprint density at radius 3 is 2.67 bits per heavy atom. The van der Waals surface area contributed by atoms with Crippen molar-refractivity contribution in [3.63, 3.8) is 0 Å². The average Bonchev–Trinajstić information content (AvgIpc) is 3.02. The molecule has 0 amide bonds. The molecule has 0 atom stereocenters. The number of allylic oxidation sites excluding steroid dienone is 1. The van der Waals surface area contributed by atoms with Gasteiger partial charge >= 0.3 is 0 Å². The molecule has 2 aromatic heterocycles. The number of aryl methyl sites for hydroxylation is 1. The van der Waals surface area contributed by atoms with Gasteiger partial charge in [-0.2, -0.15) is 0 Å². The van der Waals surface area contributed by atoms with Crippen LogP contribution in [0.3, 0.4) is 0 Å². The van der Waals surface area contributed by atoms with Crippen molar-refractivity contribution in [2.75, 3.05) is 5.32 Å². The van der Waals surface area contributed by atoms with Gasteiger partial charge in [0.05, 0.1) is 11.2 Å². The Morgan fingerprint density at radius 2 is 2.03 bits per heavy atom. The summed E-state index contributed by atoms with van der Waals surface area (Å²) in [6, 6.07) is 7.83. The molecule has 1 aliphatic rings. The number of nitrogens with one attached hydrogen (secondary N) is 2. The molecule has 4 heteroatoms. The van der Waals surface area contributed by atoms with Gasteiger partial charge in [-0.05, 0) is 61.4 Å². The summed E-state index contributed by atoms with van der Waals surface area (Å²) in [6.07, 6.45) is 7.21. The number of benzene rings is 1. The van der Waals surface area contributed by atoms with Crippen molar-refractivity contribution in [1.29, 1.82) is 0 Å². The van der Waals surface area contributed by atoms with Gasteiger partial charge < -0.3 is 10.3 Å². The number of hydrogen-bond donors (Lipinski definition) is 2. The summed E-state index contributed by atoms with van der Waals surface area (Å²) in [4.78, 5) is 7.82. The number of fused-ring (bicyclic) bond motifs is 1. The van der Waals surface area contributed by atoms with Crippen LogP contribution in [0.15, 0.2) is 48.9 Å². The Balaban J connectivity index is 1.38. The van der Waals surface area contributed by atoms with E-state index in [1.54, 1.807) is 13.0 Å². The Kier molecular flexibility index (Phi) is 5.00. The highest BCUT2D eigenvalue weighted by atomic mass is 19.1. The van der Waals surface area contributed by atoms with Gasteiger partial charge in [0, 0.05) is 40.0 Å². The van der Waals surface area contributed by atoms with Gasteiger partial charge in [0.15, 0.2) is 0 Å². The molecule has 30 heavy (non-hydrogen) atoms. The molecule has 1 saturated carbocycles. The van der Waals surface area contributed by atoms with E-state index in [0.717, 1.165) is 47.2 Å². The molecular weight excluding hydrogens is 373 g/mol. The quantitative estimate of drug-likeness (QED) is 0.485. The monoisotopic (exact) mass is 405 g/mol. The fourth-order valence-electron chi connectivity index (χ4n) is 4.60. The van der Waals surface area contributed by atoms with Crippen LogP contribution in [0.25, 0.3) is 10.9 Å². The summed E-state index contributed by atoms with van der Waals surface area (Å²) in [5.41, 5.74) is 6.05. The van der Waals surface area contributed by atoms with E-state index in [1.165, 1.54) is 5.56 Å². The first kappa shape index (κ1) is 20.6. The first-order valence-corrected chi connectivity index (χ1v) is 10.7. The molecule has 0 unspecified atom stereocenters. The van der Waals surface area contributed by atoms with Crippen LogP contribution in [0.4, 0.5) is 10.1 Å². The van der Waals surface area contributed by atoms with E-state index in [1.807, 2.05) is 18.5 Å². The lowest BCUT2D eigenvalue weighted by Crippen LogP contribution is -2.39. The maximum Gasteiger partial charge on any atom is 0.128 e. The van der Waals surface area contributed by atoms with E-state index >= 15 is 0 Å². The zero-order valence-corrected chi connectivity index (χ0v) is 18.7. The van der Waals surface area contributed by atoms with Crippen molar-refractivity contribution in [2.45, 2.75) is 59.3 Å². The minimum absolute atomic E-state index is 0.0715. The summed E-state index contributed by atoms with van der Waals surface area (Å²) < 4.78 is 13.8. The lowest BCUT2D eigenvalue weighted by Gasteiger charge is -2.47. The van der Waals surface area contributed by atoms with E-state index < -0.39 is 0 Å². The van der Waals surface area contributed by atoms with Crippen molar-refractivity contribution in [3.8, 4) is 0 Å². The van der Waals surface area contributed by atoms with Crippen LogP contribution in [-0.2, 0) is 11.8 Å². The fraction of sp³-hybridized carbons (Fsp3) is 0.423. The number of hydrogen-bond acceptors (Lipinski definition) is 2. The van der Waals surface area contributed by atoms with E-state index in [2.05, 4.69) is 61.7 Å². The number of aromatic nitrogens is 2. The third-order valence-corrected chi connectivity index (χ3v) is 6.57. The normalized spacial score (nSPS) is 21.5. The fourth-order valence-corrected chi connectivity index (χ4v) is 4.60. The number of rotatable bonds is 5. The molecule has 0 spiro atoms. The highest BCUT2D eigenvalue weighted by molar-refractivity contribution is 5.93. The molecule has 3 nitrogen and oxygen atoms in total. The van der Waals surface area contributed by atoms with Gasteiger partial charge in [-0.1, -0.05) is 40.3 Å². The predicted molar refractivity (Wildman–Crippen MR) is 123 cm³/mol. The van der Waals surface area contributed by atoms with Crippen LogP contribution in [0, 0.1) is 24.1 Å². The summed E-state index contributed by atoms with van der Waals surface area (Å²) in [5.74, 6) is 0.462. The molecule has 158 valence electrons. The molecular formula is C26H32FN3. The molecule has 2 heterocycles. The number of halogens is 1. The van der Waals surface area contributed by atoms with Crippen LogP contribution in [0.5, 0.6) is 0 Å². The zero-order valence-electron chi connectivity index (χ0n) is 18.7. The Bertz CT molecular complexity index is 1080. The molecule has 0 aliphatic heterocycles. The van der Waals surface area contributed by atoms with Gasteiger partial charge in [-0.15, -0.1) is 0 Å². The van der Waals surface area contributed by atoms with E-state index in [4.69, 9.17) is 0 Å². The maximum atomic E-state index is 13.8. The Morgan fingerprint density at radius 1 is 1.30 bits per heavy atom. The molecule has 2 N–H and O–H groups in total. The first-order valence-electron chi connectivity index (χ1n) is 10.7. The first-order chi connectivity index (χ1) is 14.0. The minimum Gasteiger partial charge on any atom is -0.359 e. The molecule has 3 aromatic rings.